The summed E-state index contributed by atoms with van der Waals surface area (Å²) in [7, 11) is 0. The Morgan fingerprint density at radius 1 is 0.952 bits per heavy atom. The SMILES string of the molecule is O=C(O)c1cccc(-c2ccc(COC3CC4CCC(C3)N4Cc3c(-c4c(Cl)cccc4Cl)noc3C3CC3)cc2)n1. The first-order valence-corrected chi connectivity index (χ1v) is 15.3. The number of piperidine rings is 1. The number of fused-ring (bicyclic) bond motifs is 2. The minimum absolute atomic E-state index is 0.0394. The van der Waals surface area contributed by atoms with Crippen molar-refractivity contribution in [3.63, 3.8) is 0 Å². The highest BCUT2D eigenvalue weighted by atomic mass is 35.5. The number of benzene rings is 2. The van der Waals surface area contributed by atoms with E-state index in [9.17, 15) is 9.90 Å². The van der Waals surface area contributed by atoms with Crippen molar-refractivity contribution < 1.29 is 19.2 Å². The molecular formula is C33H31Cl2N3O4. The van der Waals surface area contributed by atoms with Crippen molar-refractivity contribution in [2.75, 3.05) is 0 Å². The molecule has 7 rings (SSSR count). The van der Waals surface area contributed by atoms with Crippen molar-refractivity contribution in [2.45, 2.75) is 75.8 Å². The van der Waals surface area contributed by atoms with Gasteiger partial charge < -0.3 is 14.4 Å². The van der Waals surface area contributed by atoms with Gasteiger partial charge in [0.05, 0.1) is 28.5 Å². The fourth-order valence-electron chi connectivity index (χ4n) is 6.56. The smallest absolute Gasteiger partial charge is 0.354 e. The van der Waals surface area contributed by atoms with Crippen LogP contribution >= 0.6 is 23.2 Å². The van der Waals surface area contributed by atoms with Gasteiger partial charge >= 0.3 is 5.97 Å². The first-order valence-electron chi connectivity index (χ1n) is 14.5. The Labute approximate surface area is 254 Å². The van der Waals surface area contributed by atoms with Crippen LogP contribution in [-0.2, 0) is 17.9 Å². The van der Waals surface area contributed by atoms with E-state index >= 15 is 0 Å². The van der Waals surface area contributed by atoms with Crippen LogP contribution < -0.4 is 0 Å². The minimum atomic E-state index is -1.03. The zero-order valence-electron chi connectivity index (χ0n) is 23.0. The molecule has 1 aliphatic carbocycles. The summed E-state index contributed by atoms with van der Waals surface area (Å²) in [5.74, 6) is 0.397. The van der Waals surface area contributed by atoms with E-state index in [1.165, 1.54) is 6.07 Å². The van der Waals surface area contributed by atoms with E-state index in [-0.39, 0.29) is 11.8 Å². The molecule has 2 atom stereocenters. The average molecular weight is 605 g/mol. The van der Waals surface area contributed by atoms with Gasteiger partial charge in [-0.2, -0.15) is 0 Å². The number of hydrogen-bond donors (Lipinski definition) is 1. The lowest BCUT2D eigenvalue weighted by atomic mass is 9.97. The normalized spacial score (nSPS) is 22.0. The monoisotopic (exact) mass is 603 g/mol. The summed E-state index contributed by atoms with van der Waals surface area (Å²) in [5, 5.41) is 14.9. The molecule has 3 aliphatic rings. The van der Waals surface area contributed by atoms with E-state index in [0.29, 0.717) is 40.3 Å². The Morgan fingerprint density at radius 2 is 1.64 bits per heavy atom. The van der Waals surface area contributed by atoms with Crippen molar-refractivity contribution in [3.8, 4) is 22.5 Å². The van der Waals surface area contributed by atoms with Gasteiger partial charge in [0.15, 0.2) is 0 Å². The van der Waals surface area contributed by atoms with Crippen LogP contribution in [0.1, 0.15) is 71.8 Å². The molecule has 2 unspecified atom stereocenters. The number of aromatic carboxylic acids is 1. The molecular weight excluding hydrogens is 573 g/mol. The third-order valence-corrected chi connectivity index (χ3v) is 9.48. The highest BCUT2D eigenvalue weighted by molar-refractivity contribution is 6.39. The molecule has 2 saturated heterocycles. The maximum atomic E-state index is 11.3. The molecule has 7 nitrogen and oxygen atoms in total. The summed E-state index contributed by atoms with van der Waals surface area (Å²) in [6, 6.07) is 19.5. The molecule has 3 fully saturated rings. The summed E-state index contributed by atoms with van der Waals surface area (Å²) in [6.45, 7) is 1.33. The first kappa shape index (κ1) is 27.6. The number of aromatic nitrogens is 2. The Kier molecular flexibility index (Phi) is 7.53. The molecule has 0 spiro atoms. The maximum absolute atomic E-state index is 11.3. The number of hydrogen-bond acceptors (Lipinski definition) is 6. The van der Waals surface area contributed by atoms with Crippen LogP contribution in [0.3, 0.4) is 0 Å². The van der Waals surface area contributed by atoms with Crippen molar-refractivity contribution in [1.82, 2.24) is 15.0 Å². The lowest BCUT2D eigenvalue weighted by Gasteiger charge is -2.39. The van der Waals surface area contributed by atoms with E-state index in [1.54, 1.807) is 6.07 Å². The maximum Gasteiger partial charge on any atom is 0.354 e. The van der Waals surface area contributed by atoms with Gasteiger partial charge in [-0.15, -0.1) is 0 Å². The first-order chi connectivity index (χ1) is 20.4. The largest absolute Gasteiger partial charge is 0.477 e. The summed E-state index contributed by atoms with van der Waals surface area (Å²) < 4.78 is 12.4. The van der Waals surface area contributed by atoms with Crippen LogP contribution in [0.2, 0.25) is 10.0 Å². The lowest BCUT2D eigenvalue weighted by molar-refractivity contribution is -0.0306. The molecule has 1 saturated carbocycles. The van der Waals surface area contributed by atoms with Gasteiger partial charge in [-0.1, -0.05) is 64.8 Å². The van der Waals surface area contributed by atoms with Gasteiger partial charge in [0.25, 0.3) is 0 Å². The number of nitrogens with zero attached hydrogens (tertiary/aromatic N) is 3. The summed E-state index contributed by atoms with van der Waals surface area (Å²) >= 11 is 13.2. The summed E-state index contributed by atoms with van der Waals surface area (Å²) in [4.78, 5) is 18.1. The molecule has 216 valence electrons. The molecule has 1 N–H and O–H groups in total. The van der Waals surface area contributed by atoms with Crippen LogP contribution in [0.4, 0.5) is 0 Å². The Balaban J connectivity index is 1.02. The third-order valence-electron chi connectivity index (χ3n) is 8.85. The molecule has 4 heterocycles. The summed E-state index contributed by atoms with van der Waals surface area (Å²) in [5.41, 5.74) is 5.31. The third kappa shape index (κ3) is 5.47. The van der Waals surface area contributed by atoms with Gasteiger partial charge in [-0.05, 0) is 68.4 Å². The molecule has 2 aliphatic heterocycles. The number of carboxylic acids is 1. The van der Waals surface area contributed by atoms with Crippen LogP contribution in [0.5, 0.6) is 0 Å². The molecule has 0 amide bonds. The number of rotatable bonds is 9. The van der Waals surface area contributed by atoms with Gasteiger partial charge in [0.2, 0.25) is 0 Å². The molecule has 2 aromatic heterocycles. The van der Waals surface area contributed by atoms with E-state index in [0.717, 1.165) is 78.8 Å². The predicted molar refractivity (Wildman–Crippen MR) is 161 cm³/mol. The topological polar surface area (TPSA) is 88.7 Å². The average Bonchev–Trinajstić information content (AvgIpc) is 3.72. The highest BCUT2D eigenvalue weighted by Gasteiger charge is 2.43. The number of halogens is 2. The molecule has 2 bridgehead atoms. The van der Waals surface area contributed by atoms with E-state index in [2.05, 4.69) is 15.0 Å². The van der Waals surface area contributed by atoms with E-state index in [4.69, 9.17) is 32.5 Å². The van der Waals surface area contributed by atoms with Crippen LogP contribution in [0, 0.1) is 0 Å². The van der Waals surface area contributed by atoms with Gasteiger partial charge in [-0.25, -0.2) is 9.78 Å². The standard InChI is InChI=1S/C33H31Cl2N3O4/c34-26-3-1-4-27(35)30(26)31-25(32(42-37-31)21-11-12-21)17-38-22-13-14-23(38)16-24(15-22)41-18-19-7-9-20(10-8-19)28-5-2-6-29(36-28)33(39)40/h1-10,21-24H,11-18H2,(H,39,40). The van der Waals surface area contributed by atoms with Crippen molar-refractivity contribution in [2.24, 2.45) is 0 Å². The Hall–Kier alpha value is -3.23. The second-order valence-electron chi connectivity index (χ2n) is 11.6. The number of carbonyl (C=O) groups is 1. The van der Waals surface area contributed by atoms with Crippen LogP contribution in [-0.4, -0.2) is 44.3 Å². The Bertz CT molecular complexity index is 1580. The van der Waals surface area contributed by atoms with Crippen LogP contribution in [0.25, 0.3) is 22.5 Å². The van der Waals surface area contributed by atoms with E-state index in [1.807, 2.05) is 48.5 Å². The van der Waals surface area contributed by atoms with E-state index < -0.39 is 5.97 Å². The fourth-order valence-corrected chi connectivity index (χ4v) is 7.14. The molecule has 9 heteroatoms. The molecule has 42 heavy (non-hydrogen) atoms. The zero-order chi connectivity index (χ0) is 28.8. The van der Waals surface area contributed by atoms with Crippen LogP contribution in [0.15, 0.2) is 65.2 Å². The predicted octanol–water partition coefficient (Wildman–Crippen LogP) is 8.00. The molecule has 2 aromatic carbocycles. The number of pyridine rings is 1. The second kappa shape index (κ2) is 11.5. The van der Waals surface area contributed by atoms with Gasteiger partial charge in [0, 0.05) is 41.2 Å². The van der Waals surface area contributed by atoms with Crippen molar-refractivity contribution in [3.05, 3.63) is 93.3 Å². The number of ether oxygens (including phenoxy) is 1. The Morgan fingerprint density at radius 3 is 2.31 bits per heavy atom. The van der Waals surface area contributed by atoms with Gasteiger partial charge in [-0.3, -0.25) is 4.90 Å². The molecule has 4 aromatic rings. The van der Waals surface area contributed by atoms with Gasteiger partial charge in [0.1, 0.15) is 17.1 Å². The highest BCUT2D eigenvalue weighted by Crippen LogP contribution is 2.48. The lowest BCUT2D eigenvalue weighted by Crippen LogP contribution is -2.45. The van der Waals surface area contributed by atoms with Crippen molar-refractivity contribution >= 4 is 29.2 Å². The summed E-state index contributed by atoms with van der Waals surface area (Å²) in [6.07, 6.45) is 6.77. The molecule has 0 radical (unpaired) electrons. The fraction of sp³-hybridized carbons (Fsp3) is 0.364. The second-order valence-corrected chi connectivity index (χ2v) is 12.4. The zero-order valence-corrected chi connectivity index (χ0v) is 24.5. The minimum Gasteiger partial charge on any atom is -0.477 e. The van der Waals surface area contributed by atoms with Crippen molar-refractivity contribution in [1.29, 1.82) is 0 Å². The number of carboxylic acid groups (broad SMARTS) is 1. The quantitative estimate of drug-likeness (QED) is 0.207.